The number of carbonyl (C=O) groups is 2. The first-order chi connectivity index (χ1) is 13.7. The maximum absolute atomic E-state index is 12.3. The van der Waals surface area contributed by atoms with Crippen LogP contribution in [0.2, 0.25) is 0 Å². The van der Waals surface area contributed by atoms with E-state index in [1.807, 2.05) is 0 Å². The Morgan fingerprint density at radius 1 is 1.11 bits per heavy atom. The van der Waals surface area contributed by atoms with Crippen molar-refractivity contribution in [1.82, 2.24) is 25.6 Å². The molecule has 0 aliphatic carbocycles. The van der Waals surface area contributed by atoms with Gasteiger partial charge in [-0.1, -0.05) is 12.2 Å². The van der Waals surface area contributed by atoms with Crippen LogP contribution >= 0.6 is 0 Å². The summed E-state index contributed by atoms with van der Waals surface area (Å²) < 4.78 is 5.76. The number of pyridine rings is 1. The fourth-order valence-corrected chi connectivity index (χ4v) is 2.74. The van der Waals surface area contributed by atoms with Crippen molar-refractivity contribution < 1.29 is 19.4 Å². The summed E-state index contributed by atoms with van der Waals surface area (Å²) in [6.45, 7) is 0.0104. The molecule has 1 aliphatic rings. The summed E-state index contributed by atoms with van der Waals surface area (Å²) in [6.07, 6.45) is 8.51. The number of hydrogen-bond donors (Lipinski definition) is 3. The highest BCUT2D eigenvalue weighted by Gasteiger charge is 2.29. The Kier molecular flexibility index (Phi) is 6.77. The molecule has 0 saturated heterocycles. The zero-order valence-corrected chi connectivity index (χ0v) is 15.1. The molecule has 9 heteroatoms. The molecular formula is C19H21N5O4. The van der Waals surface area contributed by atoms with Gasteiger partial charge >= 0.3 is 0 Å². The molecular weight excluding hydrogens is 362 g/mol. The van der Waals surface area contributed by atoms with Crippen molar-refractivity contribution in [3.63, 3.8) is 0 Å². The minimum absolute atomic E-state index is 0.100. The molecule has 28 heavy (non-hydrogen) atoms. The average molecular weight is 383 g/mol. The SMILES string of the molecule is O=C(C[C@H]1C=C[C@H](NC(=O)c2ccncc2)[C@H](CO)O1)NCc1ccncn1. The molecule has 2 aromatic heterocycles. The summed E-state index contributed by atoms with van der Waals surface area (Å²) in [7, 11) is 0. The Hall–Kier alpha value is -3.17. The van der Waals surface area contributed by atoms with Crippen LogP contribution in [0.3, 0.4) is 0 Å². The molecule has 9 nitrogen and oxygen atoms in total. The van der Waals surface area contributed by atoms with Crippen molar-refractivity contribution in [3.8, 4) is 0 Å². The van der Waals surface area contributed by atoms with Crippen LogP contribution in [0.25, 0.3) is 0 Å². The van der Waals surface area contributed by atoms with E-state index in [2.05, 4.69) is 25.6 Å². The molecule has 2 aromatic rings. The molecule has 0 fully saturated rings. The highest BCUT2D eigenvalue weighted by Crippen LogP contribution is 2.16. The maximum Gasteiger partial charge on any atom is 0.251 e. The van der Waals surface area contributed by atoms with Crippen LogP contribution in [0.15, 0.2) is 55.3 Å². The van der Waals surface area contributed by atoms with Crippen molar-refractivity contribution in [3.05, 3.63) is 66.5 Å². The third-order valence-electron chi connectivity index (χ3n) is 4.20. The lowest BCUT2D eigenvalue weighted by Gasteiger charge is -2.31. The molecule has 0 saturated carbocycles. The molecule has 1 aliphatic heterocycles. The van der Waals surface area contributed by atoms with Crippen molar-refractivity contribution in [2.24, 2.45) is 0 Å². The fraction of sp³-hybridized carbons (Fsp3) is 0.316. The Labute approximate surface area is 161 Å². The van der Waals surface area contributed by atoms with E-state index in [-0.39, 0.29) is 24.8 Å². The molecule has 0 unspecified atom stereocenters. The highest BCUT2D eigenvalue weighted by atomic mass is 16.5. The lowest BCUT2D eigenvalue weighted by Crippen LogP contribution is -2.49. The minimum atomic E-state index is -0.643. The molecule has 146 valence electrons. The summed E-state index contributed by atoms with van der Waals surface area (Å²) >= 11 is 0. The van der Waals surface area contributed by atoms with Gasteiger partial charge < -0.3 is 20.5 Å². The topological polar surface area (TPSA) is 126 Å². The highest BCUT2D eigenvalue weighted by molar-refractivity contribution is 5.94. The van der Waals surface area contributed by atoms with Crippen LogP contribution in [-0.2, 0) is 16.1 Å². The maximum atomic E-state index is 12.3. The molecule has 2 amide bonds. The molecule has 0 radical (unpaired) electrons. The Bertz CT molecular complexity index is 816. The second-order valence-corrected chi connectivity index (χ2v) is 6.20. The van der Waals surface area contributed by atoms with Crippen molar-refractivity contribution in [1.29, 1.82) is 0 Å². The van der Waals surface area contributed by atoms with Gasteiger partial charge in [0, 0.05) is 24.2 Å². The largest absolute Gasteiger partial charge is 0.394 e. The first-order valence-corrected chi connectivity index (χ1v) is 8.83. The van der Waals surface area contributed by atoms with Crippen molar-refractivity contribution in [2.75, 3.05) is 6.61 Å². The van der Waals surface area contributed by atoms with E-state index >= 15 is 0 Å². The number of rotatable bonds is 7. The monoisotopic (exact) mass is 383 g/mol. The molecule has 0 bridgehead atoms. The van der Waals surface area contributed by atoms with Gasteiger partial charge in [0.15, 0.2) is 0 Å². The predicted molar refractivity (Wildman–Crippen MR) is 98.9 cm³/mol. The summed E-state index contributed by atoms with van der Waals surface area (Å²) in [5, 5.41) is 15.2. The number of aromatic nitrogens is 3. The number of amides is 2. The third-order valence-corrected chi connectivity index (χ3v) is 4.20. The van der Waals surface area contributed by atoms with Gasteiger partial charge in [-0.3, -0.25) is 14.6 Å². The summed E-state index contributed by atoms with van der Waals surface area (Å²) in [5.74, 6) is -0.496. The number of carbonyl (C=O) groups excluding carboxylic acids is 2. The van der Waals surface area contributed by atoms with Gasteiger partial charge in [-0.2, -0.15) is 0 Å². The van der Waals surface area contributed by atoms with Gasteiger partial charge in [0.05, 0.1) is 37.4 Å². The summed E-state index contributed by atoms with van der Waals surface area (Å²) in [4.78, 5) is 36.1. The van der Waals surface area contributed by atoms with Crippen molar-refractivity contribution >= 4 is 11.8 Å². The normalized spacial score (nSPS) is 21.1. The molecule has 3 N–H and O–H groups in total. The van der Waals surface area contributed by atoms with E-state index in [9.17, 15) is 14.7 Å². The van der Waals surface area contributed by atoms with Gasteiger partial charge in [-0.25, -0.2) is 9.97 Å². The standard InChI is InChI=1S/C19H21N5O4/c25-11-17-16(24-19(27)13-3-6-20-7-4-13)2-1-15(28-17)9-18(26)22-10-14-5-8-21-12-23-14/h1-8,12,15-17,25H,9-11H2,(H,22,26)(H,24,27)/t15-,16+,17+/m1/s1. The van der Waals surface area contributed by atoms with E-state index < -0.39 is 18.2 Å². The van der Waals surface area contributed by atoms with E-state index in [0.29, 0.717) is 17.8 Å². The first kappa shape index (κ1) is 19.6. The first-order valence-electron chi connectivity index (χ1n) is 8.83. The number of ether oxygens (including phenoxy) is 1. The Balaban J connectivity index is 1.52. The number of hydrogen-bond acceptors (Lipinski definition) is 7. The van der Waals surface area contributed by atoms with E-state index in [4.69, 9.17) is 4.74 Å². The Morgan fingerprint density at radius 2 is 1.89 bits per heavy atom. The van der Waals surface area contributed by atoms with Gasteiger partial charge in [0.2, 0.25) is 5.91 Å². The second kappa shape index (κ2) is 9.67. The quantitative estimate of drug-likeness (QED) is 0.574. The minimum Gasteiger partial charge on any atom is -0.394 e. The van der Waals surface area contributed by atoms with Crippen LogP contribution < -0.4 is 10.6 Å². The van der Waals surface area contributed by atoms with Crippen LogP contribution in [0.1, 0.15) is 22.5 Å². The zero-order valence-electron chi connectivity index (χ0n) is 15.1. The summed E-state index contributed by atoms with van der Waals surface area (Å²) in [5.41, 5.74) is 1.17. The van der Waals surface area contributed by atoms with E-state index in [1.54, 1.807) is 36.5 Å². The average Bonchev–Trinajstić information content (AvgIpc) is 2.74. The summed E-state index contributed by atoms with van der Waals surface area (Å²) in [6, 6.07) is 4.42. The zero-order chi connectivity index (χ0) is 19.8. The van der Waals surface area contributed by atoms with Crippen molar-refractivity contribution in [2.45, 2.75) is 31.2 Å². The lowest BCUT2D eigenvalue weighted by molar-refractivity contribution is -0.125. The molecule has 3 heterocycles. The number of nitrogens with zero attached hydrogens (tertiary/aromatic N) is 3. The van der Waals surface area contributed by atoms with Gasteiger partial charge in [-0.05, 0) is 18.2 Å². The van der Waals surface area contributed by atoms with E-state index in [0.717, 1.165) is 0 Å². The lowest BCUT2D eigenvalue weighted by atomic mass is 10.0. The molecule has 3 rings (SSSR count). The van der Waals surface area contributed by atoms with Crippen LogP contribution in [0.4, 0.5) is 0 Å². The van der Waals surface area contributed by atoms with Gasteiger partial charge in [0.1, 0.15) is 12.4 Å². The van der Waals surface area contributed by atoms with Crippen LogP contribution in [0, 0.1) is 0 Å². The molecule has 0 aromatic carbocycles. The Morgan fingerprint density at radius 3 is 2.61 bits per heavy atom. The molecule has 0 spiro atoms. The van der Waals surface area contributed by atoms with Gasteiger partial charge in [-0.15, -0.1) is 0 Å². The van der Waals surface area contributed by atoms with Gasteiger partial charge in [0.25, 0.3) is 5.91 Å². The number of aliphatic hydroxyl groups excluding tert-OH is 1. The second-order valence-electron chi connectivity index (χ2n) is 6.20. The van der Waals surface area contributed by atoms with Crippen LogP contribution in [-0.4, -0.2) is 56.7 Å². The predicted octanol–water partition coefficient (Wildman–Crippen LogP) is -0.00760. The smallest absolute Gasteiger partial charge is 0.251 e. The third kappa shape index (κ3) is 5.41. The van der Waals surface area contributed by atoms with E-state index in [1.165, 1.54) is 18.7 Å². The molecule has 3 atom stereocenters. The fourth-order valence-electron chi connectivity index (χ4n) is 2.74. The number of aliphatic hydroxyl groups is 1. The van der Waals surface area contributed by atoms with Crippen LogP contribution in [0.5, 0.6) is 0 Å². The number of nitrogens with one attached hydrogen (secondary N) is 2.